The molecule has 0 saturated heterocycles. The van der Waals surface area contributed by atoms with Gasteiger partial charge in [-0.3, -0.25) is 0 Å². The Morgan fingerprint density at radius 3 is 1.80 bits per heavy atom. The fraction of sp³-hybridized carbons (Fsp3) is 1.00. The molecule has 0 bridgehead atoms. The number of rotatable bonds is 9. The van der Waals surface area contributed by atoms with E-state index in [1.54, 1.807) is 0 Å². The van der Waals surface area contributed by atoms with Crippen LogP contribution < -0.4 is 10.6 Å². The van der Waals surface area contributed by atoms with E-state index in [1.165, 1.54) is 12.8 Å². The SMILES string of the molecule is CCCCC(NCCCl)NCCCl.Cl.Cl. The van der Waals surface area contributed by atoms with Crippen LogP contribution in [0.15, 0.2) is 0 Å². The average Bonchev–Trinajstić information content (AvgIpc) is 2.17. The molecular formula is C9H22Cl4N2. The number of unbranched alkanes of at least 4 members (excludes halogenated alkanes) is 1. The molecule has 0 aromatic rings. The molecule has 0 heterocycles. The molecule has 0 amide bonds. The molecule has 2 N–H and O–H groups in total. The Morgan fingerprint density at radius 1 is 1.00 bits per heavy atom. The summed E-state index contributed by atoms with van der Waals surface area (Å²) < 4.78 is 0. The van der Waals surface area contributed by atoms with E-state index >= 15 is 0 Å². The largest absolute Gasteiger partial charge is 0.301 e. The van der Waals surface area contributed by atoms with Gasteiger partial charge in [-0.2, -0.15) is 0 Å². The van der Waals surface area contributed by atoms with Crippen LogP contribution in [0.1, 0.15) is 26.2 Å². The molecule has 0 aromatic carbocycles. The van der Waals surface area contributed by atoms with Crippen molar-refractivity contribution in [1.29, 1.82) is 0 Å². The minimum atomic E-state index is 0. The summed E-state index contributed by atoms with van der Waals surface area (Å²) in [6.07, 6.45) is 3.97. The van der Waals surface area contributed by atoms with Gasteiger partial charge in [0, 0.05) is 24.8 Å². The van der Waals surface area contributed by atoms with Gasteiger partial charge in [0.25, 0.3) is 0 Å². The van der Waals surface area contributed by atoms with Crippen molar-refractivity contribution in [3.8, 4) is 0 Å². The standard InChI is InChI=1S/C9H20Cl2N2.2ClH/c1-2-3-4-9(12-7-5-10)13-8-6-11;;/h9,12-13H,2-8H2,1H3;2*1H. The first-order valence-electron chi connectivity index (χ1n) is 4.93. The first kappa shape index (κ1) is 21.4. The van der Waals surface area contributed by atoms with Crippen LogP contribution in [-0.2, 0) is 0 Å². The van der Waals surface area contributed by atoms with Gasteiger partial charge in [0.15, 0.2) is 0 Å². The van der Waals surface area contributed by atoms with Crippen LogP contribution in [-0.4, -0.2) is 31.0 Å². The topological polar surface area (TPSA) is 24.1 Å². The Bertz CT molecular complexity index is 87.1. The molecule has 0 saturated carbocycles. The fourth-order valence-electron chi connectivity index (χ4n) is 1.14. The van der Waals surface area contributed by atoms with Crippen molar-refractivity contribution in [3.05, 3.63) is 0 Å². The highest BCUT2D eigenvalue weighted by atomic mass is 35.5. The molecule has 2 nitrogen and oxygen atoms in total. The van der Waals surface area contributed by atoms with Crippen LogP contribution >= 0.6 is 48.0 Å². The highest BCUT2D eigenvalue weighted by Gasteiger charge is 2.04. The van der Waals surface area contributed by atoms with Gasteiger partial charge in [-0.25, -0.2) is 0 Å². The molecule has 0 unspecified atom stereocenters. The van der Waals surface area contributed by atoms with Gasteiger partial charge in [-0.15, -0.1) is 48.0 Å². The minimum absolute atomic E-state index is 0. The third-order valence-corrected chi connectivity index (χ3v) is 2.19. The maximum absolute atomic E-state index is 5.60. The summed E-state index contributed by atoms with van der Waals surface area (Å²) >= 11 is 11.2. The Morgan fingerprint density at radius 2 is 1.47 bits per heavy atom. The second-order valence-electron chi connectivity index (χ2n) is 2.98. The molecule has 96 valence electrons. The molecule has 0 rings (SSSR count). The lowest BCUT2D eigenvalue weighted by Gasteiger charge is -2.18. The molecule has 0 aromatic heterocycles. The van der Waals surface area contributed by atoms with Gasteiger partial charge < -0.3 is 10.6 Å². The Labute approximate surface area is 116 Å². The van der Waals surface area contributed by atoms with Gasteiger partial charge in [0.2, 0.25) is 0 Å². The van der Waals surface area contributed by atoms with Crippen LogP contribution in [0.3, 0.4) is 0 Å². The van der Waals surface area contributed by atoms with E-state index in [-0.39, 0.29) is 24.8 Å². The van der Waals surface area contributed by atoms with Crippen molar-refractivity contribution in [2.24, 2.45) is 0 Å². The zero-order chi connectivity index (χ0) is 9.94. The lowest BCUT2D eigenvalue weighted by Crippen LogP contribution is -2.43. The van der Waals surface area contributed by atoms with E-state index in [0.717, 1.165) is 19.5 Å². The number of hydrogen-bond acceptors (Lipinski definition) is 2. The maximum atomic E-state index is 5.60. The third-order valence-electron chi connectivity index (χ3n) is 1.82. The highest BCUT2D eigenvalue weighted by molar-refractivity contribution is 6.18. The van der Waals surface area contributed by atoms with Gasteiger partial charge in [-0.05, 0) is 6.42 Å². The molecule has 0 atom stereocenters. The highest BCUT2D eigenvalue weighted by Crippen LogP contribution is 1.97. The number of nitrogens with one attached hydrogen (secondary N) is 2. The Balaban J connectivity index is -0.000000720. The second kappa shape index (κ2) is 17.5. The van der Waals surface area contributed by atoms with Gasteiger partial charge in [0.1, 0.15) is 0 Å². The summed E-state index contributed by atoms with van der Waals surface area (Å²) in [4.78, 5) is 0. The molecule has 0 aliphatic carbocycles. The van der Waals surface area contributed by atoms with Gasteiger partial charge >= 0.3 is 0 Å². The van der Waals surface area contributed by atoms with Crippen molar-refractivity contribution in [2.45, 2.75) is 32.4 Å². The summed E-state index contributed by atoms with van der Waals surface area (Å²) in [6, 6.07) is 0. The minimum Gasteiger partial charge on any atom is -0.301 e. The molecule has 0 radical (unpaired) electrons. The van der Waals surface area contributed by atoms with E-state index < -0.39 is 0 Å². The monoisotopic (exact) mass is 298 g/mol. The van der Waals surface area contributed by atoms with Crippen LogP contribution in [0.4, 0.5) is 0 Å². The first-order valence-corrected chi connectivity index (χ1v) is 6.00. The molecule has 0 aliphatic rings. The van der Waals surface area contributed by atoms with E-state index in [2.05, 4.69) is 17.6 Å². The molecule has 15 heavy (non-hydrogen) atoms. The van der Waals surface area contributed by atoms with Crippen molar-refractivity contribution in [3.63, 3.8) is 0 Å². The van der Waals surface area contributed by atoms with Crippen LogP contribution in [0, 0.1) is 0 Å². The lowest BCUT2D eigenvalue weighted by atomic mass is 10.2. The van der Waals surface area contributed by atoms with Crippen molar-refractivity contribution in [2.75, 3.05) is 24.8 Å². The summed E-state index contributed by atoms with van der Waals surface area (Å²) in [5.74, 6) is 1.32. The molecule has 6 heteroatoms. The van der Waals surface area contributed by atoms with Crippen LogP contribution in [0.5, 0.6) is 0 Å². The Hall–Kier alpha value is 1.08. The van der Waals surface area contributed by atoms with E-state index in [9.17, 15) is 0 Å². The summed E-state index contributed by atoms with van der Waals surface area (Å²) in [5.41, 5.74) is 0. The second-order valence-corrected chi connectivity index (χ2v) is 3.74. The average molecular weight is 300 g/mol. The summed E-state index contributed by atoms with van der Waals surface area (Å²) in [7, 11) is 0. The number of hydrogen-bond donors (Lipinski definition) is 2. The van der Waals surface area contributed by atoms with Gasteiger partial charge in [0.05, 0.1) is 6.17 Å². The number of alkyl halides is 2. The zero-order valence-corrected chi connectivity index (χ0v) is 12.2. The van der Waals surface area contributed by atoms with Gasteiger partial charge in [-0.1, -0.05) is 19.8 Å². The van der Waals surface area contributed by atoms with Crippen molar-refractivity contribution >= 4 is 48.0 Å². The Kier molecular flexibility index (Phi) is 24.9. The lowest BCUT2D eigenvalue weighted by molar-refractivity contribution is 0.408. The fourth-order valence-corrected chi connectivity index (χ4v) is 1.36. The smallest absolute Gasteiger partial charge is 0.0572 e. The molecular weight excluding hydrogens is 278 g/mol. The zero-order valence-electron chi connectivity index (χ0n) is 9.10. The van der Waals surface area contributed by atoms with E-state index in [4.69, 9.17) is 23.2 Å². The van der Waals surface area contributed by atoms with E-state index in [0.29, 0.717) is 17.9 Å². The first-order chi connectivity index (χ1) is 6.35. The summed E-state index contributed by atoms with van der Waals surface area (Å²) in [5, 5.41) is 6.67. The normalized spacial score (nSPS) is 9.60. The number of halogens is 4. The third kappa shape index (κ3) is 15.1. The van der Waals surface area contributed by atoms with Crippen LogP contribution in [0.2, 0.25) is 0 Å². The van der Waals surface area contributed by atoms with E-state index in [1.807, 2.05) is 0 Å². The van der Waals surface area contributed by atoms with Crippen molar-refractivity contribution in [1.82, 2.24) is 10.6 Å². The predicted molar refractivity (Wildman–Crippen MR) is 75.3 cm³/mol. The van der Waals surface area contributed by atoms with Crippen molar-refractivity contribution < 1.29 is 0 Å². The van der Waals surface area contributed by atoms with Crippen LogP contribution in [0.25, 0.3) is 0 Å². The summed E-state index contributed by atoms with van der Waals surface area (Å²) in [6.45, 7) is 3.90. The predicted octanol–water partition coefficient (Wildman–Crippen LogP) is 3.00. The maximum Gasteiger partial charge on any atom is 0.0572 e. The molecule has 0 aliphatic heterocycles. The quantitative estimate of drug-likeness (QED) is 0.505. The molecule has 0 fully saturated rings. The molecule has 0 spiro atoms.